The molecule has 0 aromatic heterocycles. The average molecular weight is 360 g/mol. The molecule has 0 atom stereocenters. The number of methoxy groups -OCH3 is 3. The van der Waals surface area contributed by atoms with Gasteiger partial charge < -0.3 is 18.9 Å². The molecule has 0 spiro atoms. The zero-order valence-electron chi connectivity index (χ0n) is 15.2. The van der Waals surface area contributed by atoms with E-state index in [1.165, 1.54) is 39.5 Å². The molecule has 6 heteroatoms. The highest BCUT2D eigenvalue weighted by Gasteiger charge is 2.17. The SMILES string of the molecule is CCOC(=O)/C=C(/c1ccc(F)cc1)c1cc(OC)c(OC)c(OC)c1. The first-order chi connectivity index (χ1) is 12.5. The lowest BCUT2D eigenvalue weighted by Crippen LogP contribution is -2.03. The van der Waals surface area contributed by atoms with Gasteiger partial charge in [0.1, 0.15) is 5.82 Å². The van der Waals surface area contributed by atoms with Crippen LogP contribution >= 0.6 is 0 Å². The zero-order chi connectivity index (χ0) is 19.1. The Kier molecular flexibility index (Phi) is 6.60. The number of carbonyl (C=O) groups excluding carboxylic acids is 1. The molecule has 0 amide bonds. The van der Waals surface area contributed by atoms with Gasteiger partial charge in [-0.15, -0.1) is 0 Å². The van der Waals surface area contributed by atoms with Gasteiger partial charge in [0.25, 0.3) is 0 Å². The van der Waals surface area contributed by atoms with Crippen LogP contribution in [0.15, 0.2) is 42.5 Å². The average Bonchev–Trinajstić information content (AvgIpc) is 2.66. The van der Waals surface area contributed by atoms with Gasteiger partial charge >= 0.3 is 5.97 Å². The maximum absolute atomic E-state index is 13.3. The summed E-state index contributed by atoms with van der Waals surface area (Å²) in [6, 6.07) is 9.26. The molecular formula is C20H21FO5. The largest absolute Gasteiger partial charge is 0.493 e. The van der Waals surface area contributed by atoms with Crippen LogP contribution < -0.4 is 14.2 Å². The van der Waals surface area contributed by atoms with E-state index in [2.05, 4.69) is 0 Å². The number of ether oxygens (including phenoxy) is 4. The van der Waals surface area contributed by atoms with Crippen molar-refractivity contribution >= 4 is 11.5 Å². The lowest BCUT2D eigenvalue weighted by Gasteiger charge is -2.16. The normalized spacial score (nSPS) is 11.0. The van der Waals surface area contributed by atoms with Gasteiger partial charge in [-0.3, -0.25) is 0 Å². The smallest absolute Gasteiger partial charge is 0.331 e. The molecule has 0 fully saturated rings. The summed E-state index contributed by atoms with van der Waals surface area (Å²) in [7, 11) is 4.52. The number of benzene rings is 2. The standard InChI is InChI=1S/C20H21FO5/c1-5-26-19(22)12-16(13-6-8-15(21)9-7-13)14-10-17(23-2)20(25-4)18(11-14)24-3/h6-12H,5H2,1-4H3/b16-12-. The number of hydrogen-bond donors (Lipinski definition) is 0. The van der Waals surface area contributed by atoms with Gasteiger partial charge in [-0.2, -0.15) is 0 Å². The number of halogens is 1. The highest BCUT2D eigenvalue weighted by molar-refractivity contribution is 5.96. The fourth-order valence-electron chi connectivity index (χ4n) is 2.50. The first kappa shape index (κ1) is 19.3. The lowest BCUT2D eigenvalue weighted by molar-refractivity contribution is -0.137. The number of hydrogen-bond acceptors (Lipinski definition) is 5. The maximum Gasteiger partial charge on any atom is 0.331 e. The summed E-state index contributed by atoms with van der Waals surface area (Å²) in [4.78, 5) is 12.0. The summed E-state index contributed by atoms with van der Waals surface area (Å²) in [5.74, 6) is 0.459. The van der Waals surface area contributed by atoms with Crippen LogP contribution in [-0.4, -0.2) is 33.9 Å². The van der Waals surface area contributed by atoms with Crippen LogP contribution in [0.5, 0.6) is 17.2 Å². The van der Waals surface area contributed by atoms with Crippen molar-refractivity contribution in [2.45, 2.75) is 6.92 Å². The minimum Gasteiger partial charge on any atom is -0.493 e. The van der Waals surface area contributed by atoms with E-state index in [-0.39, 0.29) is 12.4 Å². The number of carbonyl (C=O) groups is 1. The van der Waals surface area contributed by atoms with Crippen LogP contribution in [0.3, 0.4) is 0 Å². The molecule has 0 radical (unpaired) electrons. The minimum atomic E-state index is -0.499. The number of rotatable bonds is 7. The van der Waals surface area contributed by atoms with Crippen LogP contribution in [0.1, 0.15) is 18.1 Å². The predicted octanol–water partition coefficient (Wildman–Crippen LogP) is 3.85. The Hall–Kier alpha value is -3.02. The fourth-order valence-corrected chi connectivity index (χ4v) is 2.50. The lowest BCUT2D eigenvalue weighted by atomic mass is 9.96. The van der Waals surface area contributed by atoms with Crippen molar-refractivity contribution in [3.63, 3.8) is 0 Å². The third-order valence-electron chi connectivity index (χ3n) is 3.68. The van der Waals surface area contributed by atoms with Gasteiger partial charge in [-0.05, 0) is 47.9 Å². The van der Waals surface area contributed by atoms with Crippen LogP contribution in [-0.2, 0) is 9.53 Å². The highest BCUT2D eigenvalue weighted by atomic mass is 19.1. The Bertz CT molecular complexity index is 771. The summed E-state index contributed by atoms with van der Waals surface area (Å²) < 4.78 is 34.4. The monoisotopic (exact) mass is 360 g/mol. The minimum absolute atomic E-state index is 0.251. The summed E-state index contributed by atoms with van der Waals surface area (Å²) in [5, 5.41) is 0. The zero-order valence-corrected chi connectivity index (χ0v) is 15.2. The Labute approximate surface area is 151 Å². The van der Waals surface area contributed by atoms with Gasteiger partial charge in [0.05, 0.1) is 27.9 Å². The van der Waals surface area contributed by atoms with Crippen molar-refractivity contribution in [3.05, 3.63) is 59.4 Å². The van der Waals surface area contributed by atoms with Crippen molar-refractivity contribution < 1.29 is 28.1 Å². The van der Waals surface area contributed by atoms with Crippen molar-refractivity contribution in [2.75, 3.05) is 27.9 Å². The van der Waals surface area contributed by atoms with E-state index in [1.807, 2.05) is 0 Å². The predicted molar refractivity (Wildman–Crippen MR) is 96.2 cm³/mol. The topological polar surface area (TPSA) is 54.0 Å². The quantitative estimate of drug-likeness (QED) is 0.555. The second kappa shape index (κ2) is 8.89. The molecule has 0 unspecified atom stereocenters. The molecule has 0 saturated heterocycles. The van der Waals surface area contributed by atoms with E-state index in [0.29, 0.717) is 33.9 Å². The molecule has 138 valence electrons. The molecule has 0 aliphatic rings. The van der Waals surface area contributed by atoms with E-state index in [0.717, 1.165) is 0 Å². The van der Waals surface area contributed by atoms with Crippen molar-refractivity contribution in [2.24, 2.45) is 0 Å². The van der Waals surface area contributed by atoms with E-state index in [1.54, 1.807) is 31.2 Å². The summed E-state index contributed by atoms with van der Waals surface area (Å²) in [6.07, 6.45) is 1.36. The van der Waals surface area contributed by atoms with Gasteiger partial charge in [-0.25, -0.2) is 9.18 Å². The third-order valence-corrected chi connectivity index (χ3v) is 3.68. The second-order valence-corrected chi connectivity index (χ2v) is 5.23. The van der Waals surface area contributed by atoms with E-state index >= 15 is 0 Å². The second-order valence-electron chi connectivity index (χ2n) is 5.23. The Morgan fingerprint density at radius 1 is 0.962 bits per heavy atom. The van der Waals surface area contributed by atoms with E-state index in [9.17, 15) is 9.18 Å². The molecule has 0 heterocycles. The molecule has 0 aliphatic carbocycles. The van der Waals surface area contributed by atoms with E-state index in [4.69, 9.17) is 18.9 Å². The Balaban J connectivity index is 2.65. The van der Waals surface area contributed by atoms with Crippen LogP contribution in [0.2, 0.25) is 0 Å². The van der Waals surface area contributed by atoms with Crippen molar-refractivity contribution in [1.82, 2.24) is 0 Å². The number of esters is 1. The first-order valence-electron chi connectivity index (χ1n) is 7.98. The Morgan fingerprint density at radius 3 is 2.00 bits per heavy atom. The molecule has 26 heavy (non-hydrogen) atoms. The van der Waals surface area contributed by atoms with Crippen LogP contribution in [0.4, 0.5) is 4.39 Å². The fraction of sp³-hybridized carbons (Fsp3) is 0.250. The maximum atomic E-state index is 13.3. The molecule has 5 nitrogen and oxygen atoms in total. The third kappa shape index (κ3) is 4.33. The van der Waals surface area contributed by atoms with Gasteiger partial charge in [-0.1, -0.05) is 12.1 Å². The molecule has 2 aromatic carbocycles. The molecule has 0 bridgehead atoms. The highest BCUT2D eigenvalue weighted by Crippen LogP contribution is 2.41. The molecule has 2 aromatic rings. The van der Waals surface area contributed by atoms with Crippen LogP contribution in [0.25, 0.3) is 5.57 Å². The van der Waals surface area contributed by atoms with Crippen molar-refractivity contribution in [1.29, 1.82) is 0 Å². The van der Waals surface area contributed by atoms with Gasteiger partial charge in [0, 0.05) is 6.08 Å². The molecule has 0 N–H and O–H groups in total. The summed E-state index contributed by atoms with van der Waals surface area (Å²) in [6.45, 7) is 1.98. The molecule has 0 aliphatic heterocycles. The summed E-state index contributed by atoms with van der Waals surface area (Å²) >= 11 is 0. The van der Waals surface area contributed by atoms with Crippen LogP contribution in [0, 0.1) is 5.82 Å². The van der Waals surface area contributed by atoms with Gasteiger partial charge in [0.2, 0.25) is 5.75 Å². The molecular weight excluding hydrogens is 339 g/mol. The summed E-state index contributed by atoms with van der Waals surface area (Å²) in [5.41, 5.74) is 1.83. The first-order valence-corrected chi connectivity index (χ1v) is 7.98. The Morgan fingerprint density at radius 2 is 1.54 bits per heavy atom. The van der Waals surface area contributed by atoms with Crippen molar-refractivity contribution in [3.8, 4) is 17.2 Å². The van der Waals surface area contributed by atoms with Gasteiger partial charge in [0.15, 0.2) is 11.5 Å². The molecule has 2 rings (SSSR count). The van der Waals surface area contributed by atoms with E-state index < -0.39 is 5.97 Å². The molecule has 0 saturated carbocycles.